The minimum absolute atomic E-state index is 0.0289. The lowest BCUT2D eigenvalue weighted by molar-refractivity contribution is -0.210. The minimum Gasteiger partial charge on any atom is -0.382 e. The van der Waals surface area contributed by atoms with Gasteiger partial charge in [0.25, 0.3) is 0 Å². The summed E-state index contributed by atoms with van der Waals surface area (Å²) < 4.78 is 48.6. The van der Waals surface area contributed by atoms with Crippen molar-refractivity contribution in [3.63, 3.8) is 0 Å². The minimum atomic E-state index is -4.78. The number of aliphatic hydroxyl groups is 1. The van der Waals surface area contributed by atoms with Crippen LogP contribution < -0.4 is 5.73 Å². The number of halogens is 4. The average molecular weight is 223 g/mol. The Morgan fingerprint density at radius 3 is 2.00 bits per heavy atom. The molecule has 84 valence electrons. The molecule has 0 heterocycles. The Labute approximate surface area is 83.3 Å². The first-order valence-corrected chi connectivity index (χ1v) is 4.08. The maximum Gasteiger partial charge on any atom is 0.416 e. The molecular formula is C9H9F4NO. The van der Waals surface area contributed by atoms with Crippen LogP contribution in [0.15, 0.2) is 24.3 Å². The molecule has 6 heteroatoms. The molecule has 0 unspecified atom stereocenters. The van der Waals surface area contributed by atoms with Gasteiger partial charge in [-0.2, -0.15) is 13.2 Å². The van der Waals surface area contributed by atoms with E-state index < -0.39 is 24.1 Å². The lowest BCUT2D eigenvalue weighted by atomic mass is 10.0. The SMILES string of the molecule is N[C@@H](c1ccc(F)cc1)[C@H](O)C(F)(F)F. The summed E-state index contributed by atoms with van der Waals surface area (Å²) >= 11 is 0. The summed E-state index contributed by atoms with van der Waals surface area (Å²) in [5, 5.41) is 8.83. The second kappa shape index (κ2) is 4.16. The van der Waals surface area contributed by atoms with Crippen molar-refractivity contribution in [2.24, 2.45) is 5.73 Å². The fourth-order valence-electron chi connectivity index (χ4n) is 1.07. The van der Waals surface area contributed by atoms with Crippen LogP contribution in [0.3, 0.4) is 0 Å². The summed E-state index contributed by atoms with van der Waals surface area (Å²) in [7, 11) is 0. The highest BCUT2D eigenvalue weighted by Gasteiger charge is 2.42. The molecule has 0 saturated carbocycles. The summed E-state index contributed by atoms with van der Waals surface area (Å²) in [6.45, 7) is 0. The van der Waals surface area contributed by atoms with Crippen LogP contribution in [0.4, 0.5) is 17.6 Å². The topological polar surface area (TPSA) is 46.2 Å². The summed E-state index contributed by atoms with van der Waals surface area (Å²) in [5.41, 5.74) is 5.21. The van der Waals surface area contributed by atoms with E-state index >= 15 is 0 Å². The van der Waals surface area contributed by atoms with Crippen molar-refractivity contribution in [1.29, 1.82) is 0 Å². The van der Waals surface area contributed by atoms with Crippen molar-refractivity contribution < 1.29 is 22.7 Å². The molecule has 0 aliphatic carbocycles. The quantitative estimate of drug-likeness (QED) is 0.750. The molecule has 0 aromatic heterocycles. The van der Waals surface area contributed by atoms with Crippen LogP contribution in [0.5, 0.6) is 0 Å². The molecule has 0 aliphatic rings. The molecule has 0 radical (unpaired) electrons. The summed E-state index contributed by atoms with van der Waals surface area (Å²) in [5.74, 6) is -0.576. The maximum atomic E-state index is 12.5. The van der Waals surface area contributed by atoms with Crippen LogP contribution in [-0.4, -0.2) is 17.4 Å². The van der Waals surface area contributed by atoms with E-state index in [0.29, 0.717) is 0 Å². The zero-order chi connectivity index (χ0) is 11.6. The molecule has 2 nitrogen and oxygen atoms in total. The molecule has 3 N–H and O–H groups in total. The molecule has 0 aliphatic heterocycles. The molecule has 0 fully saturated rings. The fraction of sp³-hybridized carbons (Fsp3) is 0.333. The first-order chi connectivity index (χ1) is 6.82. The molecule has 1 aromatic rings. The highest BCUT2D eigenvalue weighted by Crippen LogP contribution is 2.28. The third-order valence-corrected chi connectivity index (χ3v) is 1.93. The first kappa shape index (κ1) is 11.9. The van der Waals surface area contributed by atoms with E-state index in [0.717, 1.165) is 24.3 Å². The van der Waals surface area contributed by atoms with Gasteiger partial charge in [0.15, 0.2) is 6.10 Å². The van der Waals surface area contributed by atoms with E-state index in [1.54, 1.807) is 0 Å². The molecular weight excluding hydrogens is 214 g/mol. The van der Waals surface area contributed by atoms with Gasteiger partial charge in [-0.05, 0) is 17.7 Å². The van der Waals surface area contributed by atoms with Gasteiger partial charge in [-0.1, -0.05) is 12.1 Å². The van der Waals surface area contributed by atoms with Gasteiger partial charge < -0.3 is 10.8 Å². The van der Waals surface area contributed by atoms with Crippen molar-refractivity contribution in [2.75, 3.05) is 0 Å². The van der Waals surface area contributed by atoms with Crippen LogP contribution in [-0.2, 0) is 0 Å². The third-order valence-electron chi connectivity index (χ3n) is 1.93. The normalized spacial score (nSPS) is 16.1. The Kier molecular flexibility index (Phi) is 3.31. The molecule has 1 aromatic carbocycles. The predicted octanol–water partition coefficient (Wildman–Crippen LogP) is 1.75. The largest absolute Gasteiger partial charge is 0.416 e. The number of alkyl halides is 3. The van der Waals surface area contributed by atoms with Crippen molar-refractivity contribution in [3.8, 4) is 0 Å². The average Bonchev–Trinajstić information content (AvgIpc) is 2.15. The highest BCUT2D eigenvalue weighted by atomic mass is 19.4. The van der Waals surface area contributed by atoms with Crippen LogP contribution in [0.2, 0.25) is 0 Å². The zero-order valence-corrected chi connectivity index (χ0v) is 7.50. The van der Waals surface area contributed by atoms with Crippen LogP contribution in [0, 0.1) is 5.82 Å². The second-order valence-electron chi connectivity index (χ2n) is 3.06. The monoisotopic (exact) mass is 223 g/mol. The molecule has 0 bridgehead atoms. The van der Waals surface area contributed by atoms with E-state index in [-0.39, 0.29) is 5.56 Å². The Morgan fingerprint density at radius 1 is 1.13 bits per heavy atom. The van der Waals surface area contributed by atoms with Gasteiger partial charge in [0.05, 0.1) is 6.04 Å². The lowest BCUT2D eigenvalue weighted by Gasteiger charge is -2.21. The van der Waals surface area contributed by atoms with E-state index in [1.165, 1.54) is 0 Å². The zero-order valence-electron chi connectivity index (χ0n) is 7.50. The smallest absolute Gasteiger partial charge is 0.382 e. The standard InChI is InChI=1S/C9H9F4NO/c10-6-3-1-5(2-4-6)7(14)8(15)9(11,12)13/h1-4,7-8,15H,14H2/t7-,8-/m0/s1. The Balaban J connectivity index is 2.85. The third kappa shape index (κ3) is 2.90. The fourth-order valence-corrected chi connectivity index (χ4v) is 1.07. The lowest BCUT2D eigenvalue weighted by Crippen LogP contribution is -2.38. The molecule has 0 spiro atoms. The van der Waals surface area contributed by atoms with Gasteiger partial charge in [-0.15, -0.1) is 0 Å². The van der Waals surface area contributed by atoms with Crippen molar-refractivity contribution in [3.05, 3.63) is 35.6 Å². The summed E-state index contributed by atoms with van der Waals surface area (Å²) in [4.78, 5) is 0. The van der Waals surface area contributed by atoms with E-state index in [1.807, 2.05) is 0 Å². The molecule has 0 amide bonds. The number of aliphatic hydroxyl groups excluding tert-OH is 1. The summed E-state index contributed by atoms with van der Waals surface area (Å²) in [6.07, 6.45) is -7.43. The van der Waals surface area contributed by atoms with E-state index in [4.69, 9.17) is 10.8 Å². The molecule has 1 rings (SSSR count). The molecule has 0 saturated heterocycles. The second-order valence-corrected chi connectivity index (χ2v) is 3.06. The van der Waals surface area contributed by atoms with Gasteiger partial charge in [0.2, 0.25) is 0 Å². The van der Waals surface area contributed by atoms with Gasteiger partial charge in [0, 0.05) is 0 Å². The molecule has 15 heavy (non-hydrogen) atoms. The number of hydrogen-bond donors (Lipinski definition) is 2. The van der Waals surface area contributed by atoms with Gasteiger partial charge in [-0.25, -0.2) is 4.39 Å². The number of rotatable bonds is 2. The van der Waals surface area contributed by atoms with Gasteiger partial charge in [-0.3, -0.25) is 0 Å². The van der Waals surface area contributed by atoms with Gasteiger partial charge >= 0.3 is 6.18 Å². The van der Waals surface area contributed by atoms with E-state index in [2.05, 4.69) is 0 Å². The maximum absolute atomic E-state index is 12.5. The van der Waals surface area contributed by atoms with Crippen molar-refractivity contribution in [1.82, 2.24) is 0 Å². The first-order valence-electron chi connectivity index (χ1n) is 4.08. The number of hydrogen-bond acceptors (Lipinski definition) is 2. The predicted molar refractivity (Wildman–Crippen MR) is 45.4 cm³/mol. The number of benzene rings is 1. The Bertz CT molecular complexity index is 322. The summed E-state index contributed by atoms with van der Waals surface area (Å²) in [6, 6.07) is 2.58. The van der Waals surface area contributed by atoms with Crippen molar-refractivity contribution >= 4 is 0 Å². The van der Waals surface area contributed by atoms with Crippen LogP contribution in [0.25, 0.3) is 0 Å². The van der Waals surface area contributed by atoms with Gasteiger partial charge in [0.1, 0.15) is 5.82 Å². The Morgan fingerprint density at radius 2 is 1.60 bits per heavy atom. The van der Waals surface area contributed by atoms with E-state index in [9.17, 15) is 17.6 Å². The highest BCUT2D eigenvalue weighted by molar-refractivity contribution is 5.20. The van der Waals surface area contributed by atoms with Crippen LogP contribution in [0.1, 0.15) is 11.6 Å². The van der Waals surface area contributed by atoms with Crippen molar-refractivity contribution in [2.45, 2.75) is 18.3 Å². The number of nitrogens with two attached hydrogens (primary N) is 1. The Hall–Kier alpha value is -1.14. The molecule has 2 atom stereocenters. The van der Waals surface area contributed by atoms with Crippen LogP contribution >= 0.6 is 0 Å².